The summed E-state index contributed by atoms with van der Waals surface area (Å²) in [6, 6.07) is 8.58. The third-order valence-corrected chi connectivity index (χ3v) is 6.95. The number of pyridine rings is 1. The first-order chi connectivity index (χ1) is 13.8. The number of para-hydroxylation sites is 1. The molecule has 0 bridgehead atoms. The molecule has 2 heterocycles. The van der Waals surface area contributed by atoms with E-state index in [1.165, 1.54) is 21.7 Å². The zero-order valence-electron chi connectivity index (χ0n) is 16.5. The number of hydrogen-bond donors (Lipinski definition) is 1. The van der Waals surface area contributed by atoms with Crippen LogP contribution in [0.15, 0.2) is 46.8 Å². The van der Waals surface area contributed by atoms with Crippen LogP contribution in [0, 0.1) is 6.92 Å². The summed E-state index contributed by atoms with van der Waals surface area (Å²) < 4.78 is 28.0. The van der Waals surface area contributed by atoms with Crippen molar-refractivity contribution in [3.8, 4) is 0 Å². The summed E-state index contributed by atoms with van der Waals surface area (Å²) in [4.78, 5) is 22.9. The van der Waals surface area contributed by atoms with E-state index in [4.69, 9.17) is 0 Å². The SMILES string of the molecule is Cc1csc(NC(=O)CN(CCN(C)C)S(=O)(=O)c2cccc3cccnc23)n1. The molecule has 1 amide bonds. The second-order valence-corrected chi connectivity index (χ2v) is 9.58. The minimum Gasteiger partial charge on any atom is -0.308 e. The molecule has 10 heteroatoms. The molecule has 0 unspecified atom stereocenters. The van der Waals surface area contributed by atoms with Crippen molar-refractivity contribution >= 4 is 43.3 Å². The maximum absolute atomic E-state index is 13.4. The Labute approximate surface area is 174 Å². The second kappa shape index (κ2) is 8.95. The molecule has 0 spiro atoms. The van der Waals surface area contributed by atoms with Gasteiger partial charge < -0.3 is 10.2 Å². The Hall–Kier alpha value is -2.40. The predicted octanol–water partition coefficient (Wildman–Crippen LogP) is 2.19. The molecule has 154 valence electrons. The van der Waals surface area contributed by atoms with Crippen molar-refractivity contribution in [1.29, 1.82) is 0 Å². The number of likely N-dealkylation sites (N-methyl/N-ethyl adjacent to an activating group) is 1. The van der Waals surface area contributed by atoms with E-state index in [2.05, 4.69) is 15.3 Å². The minimum atomic E-state index is -3.94. The average Bonchev–Trinajstić information content (AvgIpc) is 3.08. The van der Waals surface area contributed by atoms with Gasteiger partial charge in [-0.15, -0.1) is 11.3 Å². The summed E-state index contributed by atoms with van der Waals surface area (Å²) >= 11 is 1.30. The fourth-order valence-electron chi connectivity index (χ4n) is 2.75. The number of nitrogens with zero attached hydrogens (tertiary/aromatic N) is 4. The van der Waals surface area contributed by atoms with Crippen LogP contribution in [-0.4, -0.2) is 67.2 Å². The van der Waals surface area contributed by atoms with Crippen molar-refractivity contribution in [3.63, 3.8) is 0 Å². The van der Waals surface area contributed by atoms with E-state index in [0.717, 1.165) is 11.1 Å². The number of carbonyl (C=O) groups excluding carboxylic acids is 1. The van der Waals surface area contributed by atoms with E-state index in [-0.39, 0.29) is 18.0 Å². The molecular weight excluding hydrogens is 410 g/mol. The summed E-state index contributed by atoms with van der Waals surface area (Å²) in [6.45, 7) is 2.16. The summed E-state index contributed by atoms with van der Waals surface area (Å²) in [7, 11) is -0.239. The van der Waals surface area contributed by atoms with Gasteiger partial charge in [-0.2, -0.15) is 4.31 Å². The first-order valence-electron chi connectivity index (χ1n) is 8.98. The highest BCUT2D eigenvalue weighted by Crippen LogP contribution is 2.24. The lowest BCUT2D eigenvalue weighted by molar-refractivity contribution is -0.116. The van der Waals surface area contributed by atoms with E-state index >= 15 is 0 Å². The Bertz CT molecular complexity index is 1110. The number of benzene rings is 1. The first-order valence-corrected chi connectivity index (χ1v) is 11.3. The zero-order chi connectivity index (χ0) is 21.0. The second-order valence-electron chi connectivity index (χ2n) is 6.82. The summed E-state index contributed by atoms with van der Waals surface area (Å²) in [5, 5.41) is 5.67. The Morgan fingerprint density at radius 3 is 2.62 bits per heavy atom. The molecule has 2 aromatic heterocycles. The lowest BCUT2D eigenvalue weighted by Crippen LogP contribution is -2.41. The van der Waals surface area contributed by atoms with Crippen LogP contribution >= 0.6 is 11.3 Å². The van der Waals surface area contributed by atoms with E-state index in [1.807, 2.05) is 43.4 Å². The van der Waals surface area contributed by atoms with Gasteiger partial charge in [0.05, 0.1) is 17.8 Å². The van der Waals surface area contributed by atoms with Crippen LogP contribution in [0.2, 0.25) is 0 Å². The average molecular weight is 434 g/mol. The molecule has 0 atom stereocenters. The molecule has 0 aliphatic rings. The number of amides is 1. The minimum absolute atomic E-state index is 0.0900. The van der Waals surface area contributed by atoms with Crippen molar-refractivity contribution in [2.75, 3.05) is 39.0 Å². The quantitative estimate of drug-likeness (QED) is 0.585. The van der Waals surface area contributed by atoms with Gasteiger partial charge in [0.25, 0.3) is 0 Å². The van der Waals surface area contributed by atoms with Crippen molar-refractivity contribution in [1.82, 2.24) is 19.2 Å². The number of hydrogen-bond acceptors (Lipinski definition) is 7. The highest BCUT2D eigenvalue weighted by Gasteiger charge is 2.29. The largest absolute Gasteiger partial charge is 0.308 e. The lowest BCUT2D eigenvalue weighted by atomic mass is 10.2. The van der Waals surface area contributed by atoms with E-state index in [9.17, 15) is 13.2 Å². The van der Waals surface area contributed by atoms with Gasteiger partial charge in [0.2, 0.25) is 15.9 Å². The standard InChI is InChI=1S/C19H23N5O3S2/c1-14-13-28-19(21-14)22-17(25)12-24(11-10-23(2)3)29(26,27)16-8-4-6-15-7-5-9-20-18(15)16/h4-9,13H,10-12H2,1-3H3,(H,21,22,25). The van der Waals surface area contributed by atoms with Gasteiger partial charge in [-0.05, 0) is 33.2 Å². The third-order valence-electron chi connectivity index (χ3n) is 4.20. The number of carbonyl (C=O) groups is 1. The van der Waals surface area contributed by atoms with Crippen LogP contribution < -0.4 is 5.32 Å². The molecule has 0 radical (unpaired) electrons. The van der Waals surface area contributed by atoms with E-state index in [1.54, 1.807) is 18.3 Å². The number of nitrogens with one attached hydrogen (secondary N) is 1. The molecule has 3 aromatic rings. The highest BCUT2D eigenvalue weighted by molar-refractivity contribution is 7.89. The maximum Gasteiger partial charge on any atom is 0.245 e. The lowest BCUT2D eigenvalue weighted by Gasteiger charge is -2.23. The number of aromatic nitrogens is 2. The Balaban J connectivity index is 1.90. The van der Waals surface area contributed by atoms with Crippen LogP contribution in [0.4, 0.5) is 5.13 Å². The molecule has 8 nitrogen and oxygen atoms in total. The van der Waals surface area contributed by atoms with Crippen molar-refractivity contribution in [3.05, 3.63) is 47.6 Å². The summed E-state index contributed by atoms with van der Waals surface area (Å²) in [5.74, 6) is -0.435. The molecule has 1 N–H and O–H groups in total. The van der Waals surface area contributed by atoms with E-state index in [0.29, 0.717) is 17.2 Å². The monoisotopic (exact) mass is 433 g/mol. The van der Waals surface area contributed by atoms with Crippen LogP contribution in [-0.2, 0) is 14.8 Å². The normalized spacial score (nSPS) is 12.0. The number of thiazole rings is 1. The molecule has 0 saturated heterocycles. The number of aryl methyl sites for hydroxylation is 1. The Morgan fingerprint density at radius 2 is 1.93 bits per heavy atom. The third kappa shape index (κ3) is 5.15. The maximum atomic E-state index is 13.4. The first kappa shape index (κ1) is 21.3. The Kier molecular flexibility index (Phi) is 6.58. The van der Waals surface area contributed by atoms with Crippen LogP contribution in [0.25, 0.3) is 10.9 Å². The number of anilines is 1. The summed E-state index contributed by atoms with van der Waals surface area (Å²) in [6.07, 6.45) is 1.56. The number of sulfonamides is 1. The van der Waals surface area contributed by atoms with Crippen LogP contribution in [0.5, 0.6) is 0 Å². The molecule has 0 aliphatic heterocycles. The molecule has 29 heavy (non-hydrogen) atoms. The predicted molar refractivity (Wildman–Crippen MR) is 115 cm³/mol. The number of rotatable bonds is 8. The van der Waals surface area contributed by atoms with Crippen molar-refractivity contribution in [2.24, 2.45) is 0 Å². The fourth-order valence-corrected chi connectivity index (χ4v) is 5.01. The molecule has 1 aromatic carbocycles. The topological polar surface area (TPSA) is 95.5 Å². The van der Waals surface area contributed by atoms with Crippen LogP contribution in [0.1, 0.15) is 5.69 Å². The van der Waals surface area contributed by atoms with Crippen molar-refractivity contribution in [2.45, 2.75) is 11.8 Å². The van der Waals surface area contributed by atoms with E-state index < -0.39 is 15.9 Å². The number of fused-ring (bicyclic) bond motifs is 1. The molecule has 0 aliphatic carbocycles. The molecule has 3 rings (SSSR count). The van der Waals surface area contributed by atoms with Gasteiger partial charge in [-0.3, -0.25) is 9.78 Å². The van der Waals surface area contributed by atoms with Crippen LogP contribution in [0.3, 0.4) is 0 Å². The van der Waals surface area contributed by atoms with Gasteiger partial charge >= 0.3 is 0 Å². The van der Waals surface area contributed by atoms with Crippen molar-refractivity contribution < 1.29 is 13.2 Å². The Morgan fingerprint density at radius 1 is 1.17 bits per heavy atom. The van der Waals surface area contributed by atoms with Gasteiger partial charge in [0.1, 0.15) is 4.90 Å². The fraction of sp³-hybridized carbons (Fsp3) is 0.316. The smallest absolute Gasteiger partial charge is 0.245 e. The van der Waals surface area contributed by atoms with Gasteiger partial charge in [0, 0.05) is 30.1 Å². The van der Waals surface area contributed by atoms with Gasteiger partial charge in [0.15, 0.2) is 5.13 Å². The molecule has 0 fully saturated rings. The van der Waals surface area contributed by atoms with Gasteiger partial charge in [-0.1, -0.05) is 18.2 Å². The zero-order valence-corrected chi connectivity index (χ0v) is 18.1. The molecular formula is C19H23N5O3S2. The molecule has 0 saturated carbocycles. The van der Waals surface area contributed by atoms with Gasteiger partial charge in [-0.25, -0.2) is 13.4 Å². The highest BCUT2D eigenvalue weighted by atomic mass is 32.2. The summed E-state index contributed by atoms with van der Waals surface area (Å²) in [5.41, 5.74) is 1.19.